The smallest absolute Gasteiger partial charge is 0.322 e. The van der Waals surface area contributed by atoms with E-state index in [-0.39, 0.29) is 47.7 Å². The van der Waals surface area contributed by atoms with Gasteiger partial charge in [-0.2, -0.15) is 4.31 Å². The van der Waals surface area contributed by atoms with Crippen molar-refractivity contribution < 1.29 is 22.4 Å². The van der Waals surface area contributed by atoms with E-state index < -0.39 is 15.9 Å². The molecule has 0 radical (unpaired) electrons. The molecule has 0 spiro atoms. The SMILES string of the molecule is C[C@H]1CN(S(=O)(=O)c2ccc(C(=O)Nc3nnc(-c4ccccc4Cl)o3)cc2)C[C@H](C)O1. The summed E-state index contributed by atoms with van der Waals surface area (Å²) < 4.78 is 38.4. The van der Waals surface area contributed by atoms with Gasteiger partial charge in [0.1, 0.15) is 0 Å². The summed E-state index contributed by atoms with van der Waals surface area (Å²) >= 11 is 6.12. The van der Waals surface area contributed by atoms with E-state index in [1.807, 2.05) is 13.8 Å². The number of morpholine rings is 1. The Morgan fingerprint density at radius 3 is 2.38 bits per heavy atom. The first-order valence-corrected chi connectivity index (χ1v) is 11.7. The third-order valence-electron chi connectivity index (χ3n) is 4.89. The first-order chi connectivity index (χ1) is 15.2. The van der Waals surface area contributed by atoms with Crippen LogP contribution in [-0.4, -0.2) is 54.1 Å². The first-order valence-electron chi connectivity index (χ1n) is 9.89. The zero-order valence-corrected chi connectivity index (χ0v) is 18.9. The van der Waals surface area contributed by atoms with Gasteiger partial charge in [-0.25, -0.2) is 8.42 Å². The van der Waals surface area contributed by atoms with E-state index in [0.717, 1.165) is 0 Å². The van der Waals surface area contributed by atoms with Gasteiger partial charge in [0.25, 0.3) is 11.8 Å². The molecule has 1 aliphatic rings. The van der Waals surface area contributed by atoms with Crippen LogP contribution in [0.15, 0.2) is 57.8 Å². The fourth-order valence-corrected chi connectivity index (χ4v) is 5.25. The summed E-state index contributed by atoms with van der Waals surface area (Å²) in [4.78, 5) is 12.6. The summed E-state index contributed by atoms with van der Waals surface area (Å²) in [6.45, 7) is 4.22. The van der Waals surface area contributed by atoms with Crippen LogP contribution in [0.5, 0.6) is 0 Å². The number of hydrogen-bond donors (Lipinski definition) is 1. The number of nitrogens with zero attached hydrogens (tertiary/aromatic N) is 3. The van der Waals surface area contributed by atoms with Gasteiger partial charge in [0.05, 0.1) is 27.7 Å². The molecule has 11 heteroatoms. The van der Waals surface area contributed by atoms with Crippen LogP contribution >= 0.6 is 11.6 Å². The van der Waals surface area contributed by atoms with Crippen LogP contribution in [0.25, 0.3) is 11.5 Å². The number of carbonyl (C=O) groups is 1. The molecule has 1 saturated heterocycles. The minimum absolute atomic E-state index is 0.0992. The van der Waals surface area contributed by atoms with Crippen molar-refractivity contribution in [2.75, 3.05) is 18.4 Å². The number of aromatic nitrogens is 2. The number of sulfonamides is 1. The van der Waals surface area contributed by atoms with Crippen LogP contribution in [0.3, 0.4) is 0 Å². The second-order valence-corrected chi connectivity index (χ2v) is 9.80. The maximum Gasteiger partial charge on any atom is 0.322 e. The predicted molar refractivity (Wildman–Crippen MR) is 118 cm³/mol. The molecule has 0 saturated carbocycles. The van der Waals surface area contributed by atoms with E-state index in [1.54, 1.807) is 24.3 Å². The van der Waals surface area contributed by atoms with Crippen molar-refractivity contribution in [3.63, 3.8) is 0 Å². The summed E-state index contributed by atoms with van der Waals surface area (Å²) in [7, 11) is -3.69. The third-order valence-corrected chi connectivity index (χ3v) is 7.07. The Morgan fingerprint density at radius 1 is 1.06 bits per heavy atom. The van der Waals surface area contributed by atoms with Gasteiger partial charge in [0, 0.05) is 18.7 Å². The van der Waals surface area contributed by atoms with E-state index in [9.17, 15) is 13.2 Å². The third kappa shape index (κ3) is 4.68. The predicted octanol–water partition coefficient (Wildman–Crippen LogP) is 3.44. The second-order valence-electron chi connectivity index (χ2n) is 7.45. The van der Waals surface area contributed by atoms with Crippen molar-refractivity contribution in [2.45, 2.75) is 31.0 Å². The van der Waals surface area contributed by atoms with Gasteiger partial charge >= 0.3 is 6.01 Å². The largest absolute Gasteiger partial charge is 0.403 e. The van der Waals surface area contributed by atoms with Crippen molar-refractivity contribution in [1.29, 1.82) is 0 Å². The molecule has 4 rings (SSSR count). The molecule has 9 nitrogen and oxygen atoms in total. The van der Waals surface area contributed by atoms with Crippen molar-refractivity contribution in [1.82, 2.24) is 14.5 Å². The lowest BCUT2D eigenvalue weighted by atomic mass is 10.2. The zero-order valence-electron chi connectivity index (χ0n) is 17.4. The molecule has 0 unspecified atom stereocenters. The normalized spacial score (nSPS) is 19.6. The fraction of sp³-hybridized carbons (Fsp3) is 0.286. The highest BCUT2D eigenvalue weighted by Crippen LogP contribution is 2.27. The Kier molecular flexibility index (Phi) is 6.29. The number of anilines is 1. The lowest BCUT2D eigenvalue weighted by molar-refractivity contribution is -0.0440. The molecule has 1 aromatic heterocycles. The molecule has 2 heterocycles. The minimum atomic E-state index is -3.69. The Morgan fingerprint density at radius 2 is 1.72 bits per heavy atom. The van der Waals surface area contributed by atoms with Gasteiger partial charge < -0.3 is 9.15 Å². The molecule has 168 valence electrons. The number of ether oxygens (including phenoxy) is 1. The van der Waals surface area contributed by atoms with Crippen LogP contribution in [0, 0.1) is 0 Å². The maximum atomic E-state index is 12.9. The van der Waals surface area contributed by atoms with E-state index in [4.69, 9.17) is 20.8 Å². The molecule has 1 amide bonds. The topological polar surface area (TPSA) is 115 Å². The Labute approximate surface area is 190 Å². The maximum absolute atomic E-state index is 12.9. The molecule has 1 aliphatic heterocycles. The zero-order chi connectivity index (χ0) is 22.9. The van der Waals surface area contributed by atoms with Crippen LogP contribution in [0.2, 0.25) is 5.02 Å². The average molecular weight is 477 g/mol. The number of rotatable bonds is 5. The standard InChI is InChI=1S/C21H21ClN4O5S/c1-13-11-26(12-14(2)30-13)32(28,29)16-9-7-15(8-10-16)19(27)23-21-25-24-20(31-21)17-5-3-4-6-18(17)22/h3-10,13-14H,11-12H2,1-2H3,(H,23,25,27)/t13-,14-/m0/s1. The number of nitrogens with one attached hydrogen (secondary N) is 1. The number of benzene rings is 2. The Hall–Kier alpha value is -2.79. The number of amides is 1. The molecule has 1 fully saturated rings. The van der Waals surface area contributed by atoms with E-state index in [0.29, 0.717) is 10.6 Å². The fourth-order valence-electron chi connectivity index (χ4n) is 3.44. The number of carbonyl (C=O) groups excluding carboxylic acids is 1. The molecular weight excluding hydrogens is 456 g/mol. The minimum Gasteiger partial charge on any atom is -0.403 e. The van der Waals surface area contributed by atoms with Gasteiger partial charge in [-0.1, -0.05) is 28.8 Å². The number of halogens is 1. The first kappa shape index (κ1) is 22.4. The lowest BCUT2D eigenvalue weighted by Gasteiger charge is -2.34. The molecule has 0 bridgehead atoms. The molecule has 1 N–H and O–H groups in total. The van der Waals surface area contributed by atoms with Gasteiger partial charge in [-0.15, -0.1) is 5.10 Å². The summed E-state index contributed by atoms with van der Waals surface area (Å²) in [6, 6.07) is 12.5. The molecule has 0 aliphatic carbocycles. The molecule has 2 atom stereocenters. The molecule has 2 aromatic carbocycles. The van der Waals surface area contributed by atoms with Crippen LogP contribution < -0.4 is 5.32 Å². The van der Waals surface area contributed by atoms with Gasteiger partial charge in [-0.3, -0.25) is 10.1 Å². The van der Waals surface area contributed by atoms with Crippen molar-refractivity contribution in [2.24, 2.45) is 0 Å². The highest BCUT2D eigenvalue weighted by atomic mass is 35.5. The van der Waals surface area contributed by atoms with Crippen molar-refractivity contribution in [3.05, 3.63) is 59.1 Å². The summed E-state index contributed by atoms with van der Waals surface area (Å²) in [5.74, 6) is -0.349. The second kappa shape index (κ2) is 8.99. The van der Waals surface area contributed by atoms with Gasteiger partial charge in [-0.05, 0) is 50.2 Å². The van der Waals surface area contributed by atoms with Crippen LogP contribution in [0.4, 0.5) is 6.01 Å². The van der Waals surface area contributed by atoms with E-state index in [1.165, 1.54) is 28.6 Å². The van der Waals surface area contributed by atoms with Crippen LogP contribution in [0.1, 0.15) is 24.2 Å². The average Bonchev–Trinajstić information content (AvgIpc) is 3.21. The monoisotopic (exact) mass is 476 g/mol. The van der Waals surface area contributed by atoms with Gasteiger partial charge in [0.15, 0.2) is 0 Å². The molecular formula is C21H21ClN4O5S. The highest BCUT2D eigenvalue weighted by Gasteiger charge is 2.32. The quantitative estimate of drug-likeness (QED) is 0.599. The highest BCUT2D eigenvalue weighted by molar-refractivity contribution is 7.89. The Bertz CT molecular complexity index is 1220. The summed E-state index contributed by atoms with van der Waals surface area (Å²) in [5.41, 5.74) is 0.786. The number of hydrogen-bond acceptors (Lipinski definition) is 7. The summed E-state index contributed by atoms with van der Waals surface area (Å²) in [5, 5.41) is 10.6. The van der Waals surface area contributed by atoms with Crippen LogP contribution in [-0.2, 0) is 14.8 Å². The Balaban J connectivity index is 1.46. The molecule has 32 heavy (non-hydrogen) atoms. The van der Waals surface area contributed by atoms with Crippen molar-refractivity contribution >= 4 is 33.5 Å². The molecule has 3 aromatic rings. The van der Waals surface area contributed by atoms with Crippen molar-refractivity contribution in [3.8, 4) is 11.5 Å². The van der Waals surface area contributed by atoms with Gasteiger partial charge in [0.2, 0.25) is 10.0 Å². The van der Waals surface area contributed by atoms with E-state index >= 15 is 0 Å². The van der Waals surface area contributed by atoms with E-state index in [2.05, 4.69) is 15.5 Å². The lowest BCUT2D eigenvalue weighted by Crippen LogP contribution is -2.48. The summed E-state index contributed by atoms with van der Waals surface area (Å²) in [6.07, 6.45) is -0.382.